The molecule has 94 valence electrons. The molecule has 1 N–H and O–H groups in total. The molecule has 1 atom stereocenters. The van der Waals surface area contributed by atoms with E-state index in [-0.39, 0.29) is 0 Å². The minimum atomic E-state index is 0.699. The van der Waals surface area contributed by atoms with E-state index in [4.69, 9.17) is 0 Å². The van der Waals surface area contributed by atoms with Crippen LogP contribution in [-0.2, 0) is 6.54 Å². The van der Waals surface area contributed by atoms with E-state index in [0.717, 1.165) is 13.1 Å². The summed E-state index contributed by atoms with van der Waals surface area (Å²) in [5.74, 6) is 0. The quantitative estimate of drug-likeness (QED) is 0.861. The number of benzene rings is 1. The molecule has 1 heterocycles. The first-order valence-corrected chi connectivity index (χ1v) is 6.64. The minimum Gasteiger partial charge on any atom is -0.315 e. The number of piperidine rings is 1. The van der Waals surface area contributed by atoms with Crippen LogP contribution in [0.5, 0.6) is 0 Å². The third-order valence-corrected chi connectivity index (χ3v) is 3.81. The molecular weight excluding hydrogens is 208 g/mol. The predicted octanol–water partition coefficient (Wildman–Crippen LogP) is 2.49. The Morgan fingerprint density at radius 3 is 2.82 bits per heavy atom. The van der Waals surface area contributed by atoms with Crippen molar-refractivity contribution in [1.82, 2.24) is 10.2 Å². The molecule has 17 heavy (non-hydrogen) atoms. The van der Waals surface area contributed by atoms with Crippen LogP contribution in [0.3, 0.4) is 0 Å². The van der Waals surface area contributed by atoms with Crippen LogP contribution >= 0.6 is 0 Å². The number of likely N-dealkylation sites (N-methyl/N-ethyl adjacent to an activating group) is 1. The van der Waals surface area contributed by atoms with Gasteiger partial charge in [-0.3, -0.25) is 4.90 Å². The Labute approximate surface area is 105 Å². The van der Waals surface area contributed by atoms with Gasteiger partial charge in [0.15, 0.2) is 0 Å². The van der Waals surface area contributed by atoms with Gasteiger partial charge in [0.05, 0.1) is 0 Å². The standard InChI is InChI=1S/C15H24N2/c1-12-6-7-14(13(2)9-12)11-17(3)15-5-4-8-16-10-15/h6-7,9,15-16H,4-5,8,10-11H2,1-3H3. The first-order valence-electron chi connectivity index (χ1n) is 6.64. The van der Waals surface area contributed by atoms with Gasteiger partial charge < -0.3 is 5.32 Å². The molecule has 1 fully saturated rings. The van der Waals surface area contributed by atoms with Crippen LogP contribution in [-0.4, -0.2) is 31.1 Å². The SMILES string of the molecule is Cc1ccc(CN(C)C2CCCNC2)c(C)c1. The fourth-order valence-electron chi connectivity index (χ4n) is 2.63. The lowest BCUT2D eigenvalue weighted by Gasteiger charge is -2.32. The summed E-state index contributed by atoms with van der Waals surface area (Å²) in [6.45, 7) is 7.77. The largest absolute Gasteiger partial charge is 0.315 e. The zero-order valence-electron chi connectivity index (χ0n) is 11.3. The van der Waals surface area contributed by atoms with E-state index in [1.165, 1.54) is 36.1 Å². The van der Waals surface area contributed by atoms with E-state index in [0.29, 0.717) is 6.04 Å². The molecule has 1 aromatic carbocycles. The molecule has 2 heteroatoms. The van der Waals surface area contributed by atoms with Crippen molar-refractivity contribution in [2.24, 2.45) is 0 Å². The third-order valence-electron chi connectivity index (χ3n) is 3.81. The number of rotatable bonds is 3. The second-order valence-electron chi connectivity index (χ2n) is 5.35. The molecule has 1 saturated heterocycles. The highest BCUT2D eigenvalue weighted by Crippen LogP contribution is 2.16. The van der Waals surface area contributed by atoms with E-state index >= 15 is 0 Å². The zero-order chi connectivity index (χ0) is 12.3. The van der Waals surface area contributed by atoms with Crippen molar-refractivity contribution < 1.29 is 0 Å². The fraction of sp³-hybridized carbons (Fsp3) is 0.600. The van der Waals surface area contributed by atoms with Crippen LogP contribution in [0.2, 0.25) is 0 Å². The Morgan fingerprint density at radius 2 is 2.18 bits per heavy atom. The maximum absolute atomic E-state index is 3.48. The highest BCUT2D eigenvalue weighted by Gasteiger charge is 2.17. The van der Waals surface area contributed by atoms with Crippen LogP contribution in [0.1, 0.15) is 29.5 Å². The second-order valence-corrected chi connectivity index (χ2v) is 5.35. The molecule has 0 spiro atoms. The van der Waals surface area contributed by atoms with Gasteiger partial charge in [0.1, 0.15) is 0 Å². The smallest absolute Gasteiger partial charge is 0.0236 e. The van der Waals surface area contributed by atoms with Gasteiger partial charge in [0.2, 0.25) is 0 Å². The van der Waals surface area contributed by atoms with Crippen LogP contribution in [0, 0.1) is 13.8 Å². The van der Waals surface area contributed by atoms with Gasteiger partial charge in [-0.05, 0) is 51.4 Å². The van der Waals surface area contributed by atoms with E-state index in [1.807, 2.05) is 0 Å². The second kappa shape index (κ2) is 5.65. The maximum Gasteiger partial charge on any atom is 0.0236 e. The van der Waals surface area contributed by atoms with Crippen molar-refractivity contribution in [3.8, 4) is 0 Å². The summed E-state index contributed by atoms with van der Waals surface area (Å²) in [7, 11) is 2.25. The molecule has 1 aromatic rings. The average Bonchev–Trinajstić information content (AvgIpc) is 2.34. The van der Waals surface area contributed by atoms with E-state index in [9.17, 15) is 0 Å². The molecular formula is C15H24N2. The number of hydrogen-bond acceptors (Lipinski definition) is 2. The molecule has 2 nitrogen and oxygen atoms in total. The van der Waals surface area contributed by atoms with E-state index in [2.05, 4.69) is 49.3 Å². The molecule has 0 aliphatic carbocycles. The molecule has 0 radical (unpaired) electrons. The summed E-state index contributed by atoms with van der Waals surface area (Å²) < 4.78 is 0. The predicted molar refractivity (Wildman–Crippen MR) is 73.3 cm³/mol. The Hall–Kier alpha value is -0.860. The van der Waals surface area contributed by atoms with Gasteiger partial charge in [0.25, 0.3) is 0 Å². The Balaban J connectivity index is 1.99. The Morgan fingerprint density at radius 1 is 1.35 bits per heavy atom. The topological polar surface area (TPSA) is 15.3 Å². The molecule has 1 unspecified atom stereocenters. The summed E-state index contributed by atoms with van der Waals surface area (Å²) in [6, 6.07) is 7.47. The van der Waals surface area contributed by atoms with Crippen molar-refractivity contribution in [3.63, 3.8) is 0 Å². The van der Waals surface area contributed by atoms with Crippen molar-refractivity contribution in [2.45, 2.75) is 39.3 Å². The van der Waals surface area contributed by atoms with E-state index in [1.54, 1.807) is 0 Å². The number of nitrogens with zero attached hydrogens (tertiary/aromatic N) is 1. The molecule has 0 bridgehead atoms. The highest BCUT2D eigenvalue weighted by atomic mass is 15.2. The first-order chi connectivity index (χ1) is 8.16. The van der Waals surface area contributed by atoms with Crippen LogP contribution in [0.4, 0.5) is 0 Å². The average molecular weight is 232 g/mol. The summed E-state index contributed by atoms with van der Waals surface area (Å²) in [6.07, 6.45) is 2.64. The highest BCUT2D eigenvalue weighted by molar-refractivity contribution is 5.30. The Bertz CT molecular complexity index is 367. The minimum absolute atomic E-state index is 0.699. The molecule has 2 rings (SSSR count). The normalized spacial score (nSPS) is 20.8. The first kappa shape index (κ1) is 12.6. The van der Waals surface area contributed by atoms with Gasteiger partial charge in [0, 0.05) is 19.1 Å². The van der Waals surface area contributed by atoms with Crippen LogP contribution in [0.25, 0.3) is 0 Å². The maximum atomic E-state index is 3.48. The van der Waals surface area contributed by atoms with Crippen LogP contribution < -0.4 is 5.32 Å². The molecule has 0 aromatic heterocycles. The van der Waals surface area contributed by atoms with Gasteiger partial charge in [-0.25, -0.2) is 0 Å². The lowest BCUT2D eigenvalue weighted by molar-refractivity contribution is 0.195. The number of aryl methyl sites for hydroxylation is 2. The third kappa shape index (κ3) is 3.30. The lowest BCUT2D eigenvalue weighted by atomic mass is 10.0. The summed E-state index contributed by atoms with van der Waals surface area (Å²) in [5.41, 5.74) is 4.23. The van der Waals surface area contributed by atoms with Crippen molar-refractivity contribution in [3.05, 3.63) is 34.9 Å². The zero-order valence-corrected chi connectivity index (χ0v) is 11.3. The monoisotopic (exact) mass is 232 g/mol. The molecule has 1 aliphatic heterocycles. The van der Waals surface area contributed by atoms with Crippen molar-refractivity contribution in [1.29, 1.82) is 0 Å². The molecule has 0 amide bonds. The van der Waals surface area contributed by atoms with E-state index < -0.39 is 0 Å². The molecule has 1 aliphatic rings. The van der Waals surface area contributed by atoms with Crippen molar-refractivity contribution in [2.75, 3.05) is 20.1 Å². The number of nitrogens with one attached hydrogen (secondary N) is 1. The summed E-state index contributed by atoms with van der Waals surface area (Å²) in [5, 5.41) is 3.48. The fourth-order valence-corrected chi connectivity index (χ4v) is 2.63. The lowest BCUT2D eigenvalue weighted by Crippen LogP contribution is -2.43. The van der Waals surface area contributed by atoms with Gasteiger partial charge in [-0.1, -0.05) is 23.8 Å². The summed E-state index contributed by atoms with van der Waals surface area (Å²) >= 11 is 0. The van der Waals surface area contributed by atoms with Crippen LogP contribution in [0.15, 0.2) is 18.2 Å². The van der Waals surface area contributed by atoms with Gasteiger partial charge in [-0.15, -0.1) is 0 Å². The number of hydrogen-bond donors (Lipinski definition) is 1. The Kier molecular flexibility index (Phi) is 4.19. The van der Waals surface area contributed by atoms with Gasteiger partial charge >= 0.3 is 0 Å². The van der Waals surface area contributed by atoms with Gasteiger partial charge in [-0.2, -0.15) is 0 Å². The van der Waals surface area contributed by atoms with Crippen molar-refractivity contribution >= 4 is 0 Å². The summed E-state index contributed by atoms with van der Waals surface area (Å²) in [4.78, 5) is 2.49. The molecule has 0 saturated carbocycles.